The number of rotatable bonds is 6. The molecule has 96 valence electrons. The van der Waals surface area contributed by atoms with Crippen LogP contribution in [0.3, 0.4) is 0 Å². The van der Waals surface area contributed by atoms with Gasteiger partial charge in [-0.2, -0.15) is 0 Å². The lowest BCUT2D eigenvalue weighted by molar-refractivity contribution is -0.147. The molecule has 0 aromatic rings. The van der Waals surface area contributed by atoms with Crippen LogP contribution in [0.25, 0.3) is 0 Å². The van der Waals surface area contributed by atoms with Crippen molar-refractivity contribution in [1.29, 1.82) is 0 Å². The molecule has 3 heteroatoms. The molecule has 0 saturated carbocycles. The minimum absolute atomic E-state index is 0.245. The highest BCUT2D eigenvalue weighted by atomic mass is 28.3. The summed E-state index contributed by atoms with van der Waals surface area (Å²) in [5, 5.41) is 9.52. The van der Waals surface area contributed by atoms with Crippen molar-refractivity contribution >= 4 is 14.0 Å². The van der Waals surface area contributed by atoms with E-state index in [0.29, 0.717) is 0 Å². The van der Waals surface area contributed by atoms with Gasteiger partial charge in [-0.25, -0.2) is 0 Å². The van der Waals surface area contributed by atoms with Crippen LogP contribution in [0.2, 0.25) is 24.7 Å². The zero-order chi connectivity index (χ0) is 13.2. The third-order valence-electron chi connectivity index (χ3n) is 4.30. The summed E-state index contributed by atoms with van der Waals surface area (Å²) in [6, 6.07) is 0. The summed E-state index contributed by atoms with van der Waals surface area (Å²) >= 11 is 0. The molecular formula is C13H28O2Si. The molecule has 0 fully saturated rings. The second-order valence-electron chi connectivity index (χ2n) is 6.60. The topological polar surface area (TPSA) is 37.3 Å². The Hall–Kier alpha value is -0.313. The Kier molecular flexibility index (Phi) is 4.81. The van der Waals surface area contributed by atoms with E-state index in [0.717, 1.165) is 19.3 Å². The van der Waals surface area contributed by atoms with Crippen LogP contribution in [-0.4, -0.2) is 19.1 Å². The minimum atomic E-state index is -1.36. The van der Waals surface area contributed by atoms with Gasteiger partial charge in [0.2, 0.25) is 0 Å². The lowest BCUT2D eigenvalue weighted by Gasteiger charge is -2.46. The Bertz CT molecular complexity index is 247. The number of aliphatic carboxylic acids is 1. The molecule has 1 N–H and O–H groups in total. The summed E-state index contributed by atoms with van der Waals surface area (Å²) in [6.45, 7) is 15.2. The Labute approximate surface area is 101 Å². The molecule has 0 aliphatic heterocycles. The van der Waals surface area contributed by atoms with Gasteiger partial charge in [0.1, 0.15) is 0 Å². The molecule has 0 aliphatic carbocycles. The van der Waals surface area contributed by atoms with Crippen LogP contribution in [0, 0.1) is 5.41 Å². The maximum Gasteiger partial charge on any atom is 0.309 e. The number of carbonyl (C=O) groups is 1. The van der Waals surface area contributed by atoms with Crippen molar-refractivity contribution in [3.8, 4) is 0 Å². The highest BCUT2D eigenvalue weighted by Gasteiger charge is 2.45. The van der Waals surface area contributed by atoms with E-state index in [-0.39, 0.29) is 5.04 Å². The molecule has 16 heavy (non-hydrogen) atoms. The van der Waals surface area contributed by atoms with Crippen molar-refractivity contribution in [3.05, 3.63) is 0 Å². The summed E-state index contributed by atoms with van der Waals surface area (Å²) in [4.78, 5) is 11.3. The fourth-order valence-corrected chi connectivity index (χ4v) is 5.84. The number of hydrogen-bond acceptors (Lipinski definition) is 1. The minimum Gasteiger partial charge on any atom is -0.481 e. The lowest BCUT2D eigenvalue weighted by atomic mass is 9.80. The van der Waals surface area contributed by atoms with E-state index in [1.165, 1.54) is 0 Å². The Morgan fingerprint density at radius 3 is 1.69 bits per heavy atom. The third-order valence-corrected chi connectivity index (χ3v) is 8.37. The molecule has 0 bridgehead atoms. The van der Waals surface area contributed by atoms with Crippen molar-refractivity contribution in [2.75, 3.05) is 0 Å². The van der Waals surface area contributed by atoms with E-state index in [2.05, 4.69) is 33.5 Å². The Morgan fingerprint density at radius 2 is 1.50 bits per heavy atom. The Balaban J connectivity index is 5.18. The summed E-state index contributed by atoms with van der Waals surface area (Å²) in [5.74, 6) is -0.669. The highest BCUT2D eigenvalue weighted by Crippen LogP contribution is 2.52. The third kappa shape index (κ3) is 3.09. The van der Waals surface area contributed by atoms with Gasteiger partial charge in [0.15, 0.2) is 0 Å². The second-order valence-corrected chi connectivity index (χ2v) is 12.2. The van der Waals surface area contributed by atoms with Gasteiger partial charge in [-0.05, 0) is 25.3 Å². The van der Waals surface area contributed by atoms with Gasteiger partial charge in [-0.3, -0.25) is 4.79 Å². The summed E-state index contributed by atoms with van der Waals surface area (Å²) in [7, 11) is -1.36. The molecule has 0 radical (unpaired) electrons. The summed E-state index contributed by atoms with van der Waals surface area (Å²) < 4.78 is 0. The standard InChI is InChI=1S/C13H28O2Si/c1-8-13(9-2,16(5,6)7)10-12(3,4)11(14)15/h8-10H2,1-7H3,(H,14,15). The number of hydrogen-bond donors (Lipinski definition) is 1. The normalized spacial score (nSPS) is 13.9. The first-order valence-corrected chi connectivity index (χ1v) is 9.76. The largest absolute Gasteiger partial charge is 0.481 e. The van der Waals surface area contributed by atoms with Gasteiger partial charge in [-0.15, -0.1) is 0 Å². The highest BCUT2D eigenvalue weighted by molar-refractivity contribution is 6.79. The fourth-order valence-electron chi connectivity index (χ4n) is 2.75. The van der Waals surface area contributed by atoms with Crippen LogP contribution >= 0.6 is 0 Å². The van der Waals surface area contributed by atoms with Crippen molar-refractivity contribution in [2.24, 2.45) is 5.41 Å². The zero-order valence-electron chi connectivity index (χ0n) is 12.0. The number of carboxylic acid groups (broad SMARTS) is 1. The predicted molar refractivity (Wildman–Crippen MR) is 72.7 cm³/mol. The van der Waals surface area contributed by atoms with Crippen LogP contribution < -0.4 is 0 Å². The van der Waals surface area contributed by atoms with E-state index in [4.69, 9.17) is 0 Å². The quantitative estimate of drug-likeness (QED) is 0.704. The van der Waals surface area contributed by atoms with Crippen LogP contribution in [0.1, 0.15) is 47.0 Å². The molecule has 2 nitrogen and oxygen atoms in total. The van der Waals surface area contributed by atoms with E-state index in [1.807, 2.05) is 13.8 Å². The first-order chi connectivity index (χ1) is 7.02. The molecule has 0 heterocycles. The SMILES string of the molecule is CCC(CC)(CC(C)(C)C(=O)O)[Si](C)(C)C. The summed E-state index contributed by atoms with van der Waals surface area (Å²) in [5.41, 5.74) is -0.605. The van der Waals surface area contributed by atoms with Crippen molar-refractivity contribution in [3.63, 3.8) is 0 Å². The van der Waals surface area contributed by atoms with Gasteiger partial charge in [0.25, 0.3) is 0 Å². The van der Waals surface area contributed by atoms with Crippen molar-refractivity contribution in [2.45, 2.75) is 71.6 Å². The number of carboxylic acids is 1. The van der Waals surface area contributed by atoms with E-state index in [9.17, 15) is 9.90 Å². The lowest BCUT2D eigenvalue weighted by Crippen LogP contribution is -2.43. The van der Waals surface area contributed by atoms with Gasteiger partial charge in [0, 0.05) is 0 Å². The van der Waals surface area contributed by atoms with E-state index >= 15 is 0 Å². The maximum atomic E-state index is 11.3. The average Bonchev–Trinajstić information content (AvgIpc) is 2.12. The van der Waals surface area contributed by atoms with Crippen LogP contribution in [0.5, 0.6) is 0 Å². The van der Waals surface area contributed by atoms with Crippen molar-refractivity contribution in [1.82, 2.24) is 0 Å². The van der Waals surface area contributed by atoms with Gasteiger partial charge in [0.05, 0.1) is 13.5 Å². The van der Waals surface area contributed by atoms with Crippen LogP contribution in [0.15, 0.2) is 0 Å². The van der Waals surface area contributed by atoms with Gasteiger partial charge in [-0.1, -0.05) is 46.3 Å². The molecule has 0 unspecified atom stereocenters. The predicted octanol–water partition coefficient (Wildman–Crippen LogP) is 4.39. The van der Waals surface area contributed by atoms with Gasteiger partial charge < -0.3 is 5.11 Å². The Morgan fingerprint density at radius 1 is 1.12 bits per heavy atom. The maximum absolute atomic E-state index is 11.3. The molecule has 0 aliphatic rings. The first-order valence-electron chi connectivity index (χ1n) is 6.26. The molecule has 0 amide bonds. The molecule has 0 aromatic carbocycles. The van der Waals surface area contributed by atoms with Crippen LogP contribution in [0.4, 0.5) is 0 Å². The average molecular weight is 244 g/mol. The van der Waals surface area contributed by atoms with Crippen molar-refractivity contribution < 1.29 is 9.90 Å². The van der Waals surface area contributed by atoms with Crippen LogP contribution in [-0.2, 0) is 4.79 Å². The molecule has 0 spiro atoms. The fraction of sp³-hybridized carbons (Fsp3) is 0.923. The molecule has 0 atom stereocenters. The molecule has 0 aromatic heterocycles. The molecule has 0 saturated heterocycles. The van der Waals surface area contributed by atoms with E-state index in [1.54, 1.807) is 0 Å². The monoisotopic (exact) mass is 244 g/mol. The smallest absolute Gasteiger partial charge is 0.309 e. The zero-order valence-corrected chi connectivity index (χ0v) is 13.0. The van der Waals surface area contributed by atoms with E-state index < -0.39 is 19.5 Å². The second kappa shape index (κ2) is 4.90. The first kappa shape index (κ1) is 15.7. The summed E-state index contributed by atoms with van der Waals surface area (Å²) in [6.07, 6.45) is 2.99. The van der Waals surface area contributed by atoms with Gasteiger partial charge >= 0.3 is 5.97 Å². The molecular weight excluding hydrogens is 216 g/mol. The molecule has 0 rings (SSSR count).